The summed E-state index contributed by atoms with van der Waals surface area (Å²) in [4.78, 5) is 22.5. The molecule has 0 aliphatic rings. The van der Waals surface area contributed by atoms with E-state index in [0.717, 1.165) is 27.8 Å². The summed E-state index contributed by atoms with van der Waals surface area (Å²) < 4.78 is 5.12. The second-order valence-electron chi connectivity index (χ2n) is 6.56. The molecule has 0 saturated carbocycles. The SMILES string of the molecule is COc1ccc(-c2[nH]nc3ncc(-c4cccc(C(=O)N(C)C)c4)cc23)cn1. The van der Waals surface area contributed by atoms with Gasteiger partial charge in [0.1, 0.15) is 0 Å². The lowest BCUT2D eigenvalue weighted by molar-refractivity contribution is 0.0827. The first kappa shape index (κ1) is 17.7. The van der Waals surface area contributed by atoms with Gasteiger partial charge in [-0.15, -0.1) is 0 Å². The zero-order valence-corrected chi connectivity index (χ0v) is 15.8. The van der Waals surface area contributed by atoms with Crippen LogP contribution in [0.25, 0.3) is 33.4 Å². The molecule has 7 heteroatoms. The number of rotatable bonds is 4. The summed E-state index contributed by atoms with van der Waals surface area (Å²) in [5, 5.41) is 8.21. The number of methoxy groups -OCH3 is 1. The molecule has 4 rings (SSSR count). The number of amides is 1. The van der Waals surface area contributed by atoms with Gasteiger partial charge in [-0.2, -0.15) is 5.10 Å². The monoisotopic (exact) mass is 373 g/mol. The average Bonchev–Trinajstić information content (AvgIpc) is 3.16. The lowest BCUT2D eigenvalue weighted by Gasteiger charge is -2.11. The van der Waals surface area contributed by atoms with Crippen molar-refractivity contribution in [1.29, 1.82) is 0 Å². The number of pyridine rings is 2. The van der Waals surface area contributed by atoms with E-state index in [1.807, 2.05) is 36.4 Å². The molecule has 7 nitrogen and oxygen atoms in total. The van der Waals surface area contributed by atoms with Gasteiger partial charge in [0.25, 0.3) is 5.91 Å². The maximum atomic E-state index is 12.3. The van der Waals surface area contributed by atoms with Crippen molar-refractivity contribution in [3.8, 4) is 28.3 Å². The number of benzene rings is 1. The molecule has 3 heterocycles. The molecule has 1 N–H and O–H groups in total. The lowest BCUT2D eigenvalue weighted by Crippen LogP contribution is -2.21. The maximum Gasteiger partial charge on any atom is 0.253 e. The molecule has 0 aliphatic heterocycles. The van der Waals surface area contributed by atoms with Crippen molar-refractivity contribution in [1.82, 2.24) is 25.1 Å². The molecule has 3 aromatic heterocycles. The largest absolute Gasteiger partial charge is 0.481 e. The third kappa shape index (κ3) is 3.18. The summed E-state index contributed by atoms with van der Waals surface area (Å²) in [5.74, 6) is 0.512. The van der Waals surface area contributed by atoms with Gasteiger partial charge in [-0.25, -0.2) is 9.97 Å². The molecule has 140 valence electrons. The Kier molecular flexibility index (Phi) is 4.49. The van der Waals surface area contributed by atoms with Crippen molar-refractivity contribution in [2.45, 2.75) is 0 Å². The molecule has 28 heavy (non-hydrogen) atoms. The van der Waals surface area contributed by atoms with Gasteiger partial charge in [0.15, 0.2) is 5.65 Å². The second-order valence-corrected chi connectivity index (χ2v) is 6.56. The number of aromatic nitrogens is 4. The molecule has 0 unspecified atom stereocenters. The van der Waals surface area contributed by atoms with Crippen molar-refractivity contribution < 1.29 is 9.53 Å². The Morgan fingerprint density at radius 1 is 1.00 bits per heavy atom. The maximum absolute atomic E-state index is 12.3. The van der Waals surface area contributed by atoms with Crippen LogP contribution in [0.5, 0.6) is 5.88 Å². The molecule has 0 bridgehead atoms. The highest BCUT2D eigenvalue weighted by atomic mass is 16.5. The van der Waals surface area contributed by atoms with Crippen molar-refractivity contribution in [3.05, 3.63) is 60.4 Å². The van der Waals surface area contributed by atoms with E-state index >= 15 is 0 Å². The van der Waals surface area contributed by atoms with Gasteiger partial charge in [0, 0.05) is 54.6 Å². The minimum absolute atomic E-state index is 0.0378. The number of hydrogen-bond donors (Lipinski definition) is 1. The van der Waals surface area contributed by atoms with Crippen LogP contribution in [-0.2, 0) is 0 Å². The number of carbonyl (C=O) groups excluding carboxylic acids is 1. The summed E-state index contributed by atoms with van der Waals surface area (Å²) in [6.45, 7) is 0. The van der Waals surface area contributed by atoms with Crippen LogP contribution < -0.4 is 4.74 Å². The number of hydrogen-bond acceptors (Lipinski definition) is 5. The van der Waals surface area contributed by atoms with Crippen LogP contribution in [0, 0.1) is 0 Å². The van der Waals surface area contributed by atoms with Crippen LogP contribution in [0.3, 0.4) is 0 Å². The van der Waals surface area contributed by atoms with Gasteiger partial charge in [0.2, 0.25) is 5.88 Å². The molecular formula is C21H19N5O2. The summed E-state index contributed by atoms with van der Waals surface area (Å²) in [5.41, 5.74) is 4.80. The van der Waals surface area contributed by atoms with E-state index in [4.69, 9.17) is 4.74 Å². The van der Waals surface area contributed by atoms with Crippen molar-refractivity contribution in [2.75, 3.05) is 21.2 Å². The molecule has 1 aromatic carbocycles. The molecule has 0 saturated heterocycles. The molecular weight excluding hydrogens is 354 g/mol. The Morgan fingerprint density at radius 3 is 2.54 bits per heavy atom. The summed E-state index contributed by atoms with van der Waals surface area (Å²) in [7, 11) is 5.06. The Labute approximate surface area is 162 Å². The second kappa shape index (κ2) is 7.11. The fourth-order valence-electron chi connectivity index (χ4n) is 3.02. The van der Waals surface area contributed by atoms with Crippen molar-refractivity contribution >= 4 is 16.9 Å². The van der Waals surface area contributed by atoms with Gasteiger partial charge in [-0.05, 0) is 29.8 Å². The third-order valence-corrected chi connectivity index (χ3v) is 4.49. The zero-order chi connectivity index (χ0) is 19.7. The minimum Gasteiger partial charge on any atom is -0.481 e. The van der Waals surface area contributed by atoms with Crippen LogP contribution in [0.15, 0.2) is 54.9 Å². The number of aromatic amines is 1. The fourth-order valence-corrected chi connectivity index (χ4v) is 3.02. The molecule has 0 radical (unpaired) electrons. The predicted octanol–water partition coefficient (Wildman–Crippen LogP) is 3.40. The van der Waals surface area contributed by atoms with E-state index in [9.17, 15) is 4.79 Å². The molecule has 1 amide bonds. The molecule has 0 aliphatic carbocycles. The quantitative estimate of drug-likeness (QED) is 0.593. The smallest absolute Gasteiger partial charge is 0.253 e. The Bertz CT molecular complexity index is 1150. The molecule has 0 atom stereocenters. The van der Waals surface area contributed by atoms with Gasteiger partial charge in [-0.3, -0.25) is 9.89 Å². The summed E-state index contributed by atoms with van der Waals surface area (Å²) in [6.07, 6.45) is 3.49. The number of nitrogens with zero attached hydrogens (tertiary/aromatic N) is 4. The minimum atomic E-state index is -0.0378. The first-order valence-corrected chi connectivity index (χ1v) is 8.73. The average molecular weight is 373 g/mol. The standard InChI is InChI=1S/C21H19N5O2/c1-26(2)21(27)14-6-4-5-13(9-14)16-10-17-19(24-25-20(17)23-12-16)15-7-8-18(28-3)22-11-15/h4-12H,1-3H3,(H,23,24,25). The van der Waals surface area contributed by atoms with Gasteiger partial charge >= 0.3 is 0 Å². The zero-order valence-electron chi connectivity index (χ0n) is 15.8. The normalized spacial score (nSPS) is 10.8. The van der Waals surface area contributed by atoms with Gasteiger partial charge in [-0.1, -0.05) is 12.1 Å². The van der Waals surface area contributed by atoms with Crippen molar-refractivity contribution in [2.24, 2.45) is 0 Å². The number of H-pyrrole nitrogens is 1. The van der Waals surface area contributed by atoms with E-state index in [2.05, 4.69) is 20.2 Å². The van der Waals surface area contributed by atoms with E-state index in [1.165, 1.54) is 0 Å². The van der Waals surface area contributed by atoms with Gasteiger partial charge < -0.3 is 9.64 Å². The Morgan fingerprint density at radius 2 is 1.82 bits per heavy atom. The van der Waals surface area contributed by atoms with Crippen LogP contribution in [0.1, 0.15) is 10.4 Å². The molecule has 0 fully saturated rings. The predicted molar refractivity (Wildman–Crippen MR) is 107 cm³/mol. The van der Waals surface area contributed by atoms with E-state index < -0.39 is 0 Å². The number of fused-ring (bicyclic) bond motifs is 1. The fraction of sp³-hybridized carbons (Fsp3) is 0.143. The van der Waals surface area contributed by atoms with E-state index in [-0.39, 0.29) is 5.91 Å². The molecule has 0 spiro atoms. The Balaban J connectivity index is 1.77. The first-order chi connectivity index (χ1) is 13.6. The third-order valence-electron chi connectivity index (χ3n) is 4.49. The Hall–Kier alpha value is -3.74. The number of ether oxygens (including phenoxy) is 1. The van der Waals surface area contributed by atoms with Crippen LogP contribution >= 0.6 is 0 Å². The van der Waals surface area contributed by atoms with Crippen LogP contribution in [0.2, 0.25) is 0 Å². The highest BCUT2D eigenvalue weighted by Gasteiger charge is 2.13. The highest BCUT2D eigenvalue weighted by Crippen LogP contribution is 2.29. The summed E-state index contributed by atoms with van der Waals surface area (Å²) >= 11 is 0. The lowest BCUT2D eigenvalue weighted by atomic mass is 10.0. The molecule has 4 aromatic rings. The van der Waals surface area contributed by atoms with Crippen LogP contribution in [-0.4, -0.2) is 52.2 Å². The first-order valence-electron chi connectivity index (χ1n) is 8.73. The topological polar surface area (TPSA) is 84.0 Å². The number of nitrogens with one attached hydrogen (secondary N) is 1. The van der Waals surface area contributed by atoms with Crippen molar-refractivity contribution in [3.63, 3.8) is 0 Å². The van der Waals surface area contributed by atoms with Crippen LogP contribution in [0.4, 0.5) is 0 Å². The summed E-state index contributed by atoms with van der Waals surface area (Å²) in [6, 6.07) is 13.3. The number of carbonyl (C=O) groups is 1. The van der Waals surface area contributed by atoms with E-state index in [0.29, 0.717) is 17.1 Å². The van der Waals surface area contributed by atoms with Gasteiger partial charge in [0.05, 0.1) is 12.8 Å². The van der Waals surface area contributed by atoms with E-state index in [1.54, 1.807) is 44.6 Å². The highest BCUT2D eigenvalue weighted by molar-refractivity contribution is 5.96.